The van der Waals surface area contributed by atoms with E-state index in [0.29, 0.717) is 24.7 Å². The molecule has 0 saturated carbocycles. The number of nitrogens with zero attached hydrogens (tertiary/aromatic N) is 5. The van der Waals surface area contributed by atoms with Crippen molar-refractivity contribution >= 4 is 16.9 Å². The first kappa shape index (κ1) is 14.9. The van der Waals surface area contributed by atoms with Crippen molar-refractivity contribution in [3.8, 4) is 0 Å². The van der Waals surface area contributed by atoms with E-state index in [1.807, 2.05) is 33.7 Å². The minimum atomic E-state index is -0.0607. The lowest BCUT2D eigenvalue weighted by atomic mass is 10.2. The van der Waals surface area contributed by atoms with Gasteiger partial charge in [0.1, 0.15) is 0 Å². The minimum absolute atomic E-state index is 0.0607. The van der Waals surface area contributed by atoms with Crippen LogP contribution in [0.2, 0.25) is 0 Å². The van der Waals surface area contributed by atoms with Gasteiger partial charge in [-0.15, -0.1) is 0 Å². The number of carbonyl (C=O) groups excluding carboxylic acids is 1. The molecule has 0 aliphatic carbocycles. The van der Waals surface area contributed by atoms with E-state index in [4.69, 9.17) is 4.52 Å². The second-order valence-corrected chi connectivity index (χ2v) is 6.09. The van der Waals surface area contributed by atoms with Gasteiger partial charge in [0.15, 0.2) is 5.82 Å². The zero-order valence-corrected chi connectivity index (χ0v) is 13.6. The minimum Gasteiger partial charge on any atom is -0.340 e. The van der Waals surface area contributed by atoms with Gasteiger partial charge in [-0.3, -0.25) is 4.79 Å². The molecule has 3 aromatic rings. The Morgan fingerprint density at radius 3 is 3.08 bits per heavy atom. The summed E-state index contributed by atoms with van der Waals surface area (Å²) in [5, 5.41) is 3.99. The van der Waals surface area contributed by atoms with Crippen LogP contribution in [0.1, 0.15) is 37.0 Å². The number of amides is 1. The molecule has 3 heterocycles. The Labute approximate surface area is 139 Å². The first-order chi connectivity index (χ1) is 11.7. The summed E-state index contributed by atoms with van der Waals surface area (Å²) in [4.78, 5) is 23.2. The lowest BCUT2D eigenvalue weighted by Crippen LogP contribution is -2.31. The molecular weight excluding hydrogens is 306 g/mol. The highest BCUT2D eigenvalue weighted by molar-refractivity contribution is 5.78. The molecule has 124 valence electrons. The molecule has 7 heteroatoms. The largest absolute Gasteiger partial charge is 0.340 e. The molecule has 1 aliphatic rings. The normalized spacial score (nSPS) is 17.7. The van der Waals surface area contributed by atoms with E-state index < -0.39 is 0 Å². The average Bonchev–Trinajstić information content (AvgIpc) is 3.31. The Morgan fingerprint density at radius 2 is 2.25 bits per heavy atom. The van der Waals surface area contributed by atoms with E-state index >= 15 is 0 Å². The average molecular weight is 325 g/mol. The highest BCUT2D eigenvalue weighted by Crippen LogP contribution is 2.30. The molecule has 0 N–H and O–H groups in total. The first-order valence-corrected chi connectivity index (χ1v) is 8.22. The van der Waals surface area contributed by atoms with Gasteiger partial charge in [-0.2, -0.15) is 4.98 Å². The van der Waals surface area contributed by atoms with Gasteiger partial charge in [0.05, 0.1) is 23.4 Å². The Hall–Kier alpha value is -2.70. The number of fused-ring (bicyclic) bond motifs is 1. The van der Waals surface area contributed by atoms with Crippen LogP contribution in [0.4, 0.5) is 0 Å². The van der Waals surface area contributed by atoms with Crippen LogP contribution in [-0.2, 0) is 11.3 Å². The molecular formula is C17H19N5O2. The van der Waals surface area contributed by atoms with Crippen molar-refractivity contribution in [2.75, 3.05) is 6.54 Å². The summed E-state index contributed by atoms with van der Waals surface area (Å²) in [6, 6.07) is 7.88. The Morgan fingerprint density at radius 1 is 1.38 bits per heavy atom. The second-order valence-electron chi connectivity index (χ2n) is 6.09. The van der Waals surface area contributed by atoms with Crippen LogP contribution >= 0.6 is 0 Å². The van der Waals surface area contributed by atoms with Crippen LogP contribution < -0.4 is 0 Å². The molecule has 4 rings (SSSR count). The van der Waals surface area contributed by atoms with Crippen LogP contribution in [0, 0.1) is 6.92 Å². The molecule has 1 saturated heterocycles. The standard InChI is InChI=1S/C17H19N5O2/c1-12-19-17(20-24-12)15-7-4-9-22(15)16(23)8-10-21-11-18-13-5-2-3-6-14(13)21/h2-3,5-6,11,15H,4,7-10H2,1H3/t15-/m1/s1. The summed E-state index contributed by atoms with van der Waals surface area (Å²) in [7, 11) is 0. The van der Waals surface area contributed by atoms with Gasteiger partial charge < -0.3 is 14.0 Å². The van der Waals surface area contributed by atoms with Crippen molar-refractivity contribution in [1.29, 1.82) is 0 Å². The highest BCUT2D eigenvalue weighted by Gasteiger charge is 2.32. The molecule has 0 bridgehead atoms. The van der Waals surface area contributed by atoms with Gasteiger partial charge in [-0.05, 0) is 25.0 Å². The maximum atomic E-state index is 12.7. The smallest absolute Gasteiger partial charge is 0.224 e. The number of para-hydroxylation sites is 2. The lowest BCUT2D eigenvalue weighted by molar-refractivity contribution is -0.132. The van der Waals surface area contributed by atoms with Crippen molar-refractivity contribution in [2.45, 2.75) is 38.8 Å². The molecule has 0 spiro atoms. The van der Waals surface area contributed by atoms with Crippen molar-refractivity contribution in [1.82, 2.24) is 24.6 Å². The van der Waals surface area contributed by atoms with Gasteiger partial charge in [-0.1, -0.05) is 17.3 Å². The van der Waals surface area contributed by atoms with Crippen LogP contribution in [-0.4, -0.2) is 37.0 Å². The number of aryl methyl sites for hydroxylation is 2. The van der Waals surface area contributed by atoms with Gasteiger partial charge >= 0.3 is 0 Å². The number of hydrogen-bond acceptors (Lipinski definition) is 5. The summed E-state index contributed by atoms with van der Waals surface area (Å²) in [5.74, 6) is 1.28. The van der Waals surface area contributed by atoms with E-state index in [1.54, 1.807) is 13.3 Å². The first-order valence-electron chi connectivity index (χ1n) is 8.22. The Kier molecular flexibility index (Phi) is 3.76. The zero-order valence-electron chi connectivity index (χ0n) is 13.6. The Bertz CT molecular complexity index is 869. The van der Waals surface area contributed by atoms with E-state index in [2.05, 4.69) is 15.1 Å². The summed E-state index contributed by atoms with van der Waals surface area (Å²) >= 11 is 0. The Balaban J connectivity index is 1.45. The van der Waals surface area contributed by atoms with Gasteiger partial charge in [0.25, 0.3) is 0 Å². The molecule has 1 fully saturated rings. The van der Waals surface area contributed by atoms with E-state index in [-0.39, 0.29) is 11.9 Å². The third kappa shape index (κ3) is 2.66. The fraction of sp³-hybridized carbons (Fsp3) is 0.412. The fourth-order valence-electron chi connectivity index (χ4n) is 3.33. The maximum Gasteiger partial charge on any atom is 0.224 e. The van der Waals surface area contributed by atoms with Gasteiger partial charge in [0.2, 0.25) is 11.8 Å². The third-order valence-electron chi connectivity index (χ3n) is 4.51. The number of aromatic nitrogens is 4. The molecule has 1 aromatic carbocycles. The summed E-state index contributed by atoms with van der Waals surface area (Å²) in [6.07, 6.45) is 4.09. The zero-order chi connectivity index (χ0) is 16.5. The van der Waals surface area contributed by atoms with Gasteiger partial charge in [-0.25, -0.2) is 4.98 Å². The molecule has 7 nitrogen and oxygen atoms in total. The van der Waals surface area contributed by atoms with Gasteiger partial charge in [0, 0.05) is 26.4 Å². The summed E-state index contributed by atoms with van der Waals surface area (Å²) < 4.78 is 7.09. The summed E-state index contributed by atoms with van der Waals surface area (Å²) in [6.45, 7) is 3.14. The predicted molar refractivity (Wildman–Crippen MR) is 87.1 cm³/mol. The molecule has 1 atom stereocenters. The van der Waals surface area contributed by atoms with Crippen LogP contribution in [0.15, 0.2) is 35.1 Å². The molecule has 2 aromatic heterocycles. The number of rotatable bonds is 4. The predicted octanol–water partition coefficient (Wildman–Crippen LogP) is 2.48. The quantitative estimate of drug-likeness (QED) is 0.736. The van der Waals surface area contributed by atoms with E-state index in [0.717, 1.165) is 30.4 Å². The van der Waals surface area contributed by atoms with Crippen LogP contribution in [0.25, 0.3) is 11.0 Å². The highest BCUT2D eigenvalue weighted by atomic mass is 16.5. The van der Waals surface area contributed by atoms with Crippen LogP contribution in [0.3, 0.4) is 0 Å². The SMILES string of the molecule is Cc1nc([C@H]2CCCN2C(=O)CCn2cnc3ccccc32)no1. The molecule has 0 unspecified atom stereocenters. The van der Waals surface area contributed by atoms with Crippen molar-refractivity contribution < 1.29 is 9.32 Å². The molecule has 0 radical (unpaired) electrons. The fourth-order valence-corrected chi connectivity index (χ4v) is 3.33. The van der Waals surface area contributed by atoms with Crippen molar-refractivity contribution in [3.05, 3.63) is 42.3 Å². The molecule has 24 heavy (non-hydrogen) atoms. The number of carbonyl (C=O) groups is 1. The van der Waals surface area contributed by atoms with Crippen molar-refractivity contribution in [2.24, 2.45) is 0 Å². The second kappa shape index (κ2) is 6.07. The maximum absolute atomic E-state index is 12.7. The van der Waals surface area contributed by atoms with Crippen molar-refractivity contribution in [3.63, 3.8) is 0 Å². The number of benzene rings is 1. The lowest BCUT2D eigenvalue weighted by Gasteiger charge is -2.22. The summed E-state index contributed by atoms with van der Waals surface area (Å²) in [5.41, 5.74) is 2.00. The number of hydrogen-bond donors (Lipinski definition) is 0. The number of imidazole rings is 1. The van der Waals surface area contributed by atoms with Crippen LogP contribution in [0.5, 0.6) is 0 Å². The topological polar surface area (TPSA) is 77.1 Å². The number of likely N-dealkylation sites (tertiary alicyclic amines) is 1. The van der Waals surface area contributed by atoms with E-state index in [9.17, 15) is 4.79 Å². The van der Waals surface area contributed by atoms with E-state index in [1.165, 1.54) is 0 Å². The monoisotopic (exact) mass is 325 g/mol. The molecule has 1 aliphatic heterocycles. The molecule has 1 amide bonds. The third-order valence-corrected chi connectivity index (χ3v) is 4.51.